The number of nitrogens with zero attached hydrogens (tertiary/aromatic N) is 2. The maximum Gasteiger partial charge on any atom is 0.218 e. The van der Waals surface area contributed by atoms with Crippen LogP contribution in [0, 0.1) is 5.92 Å². The first-order chi connectivity index (χ1) is 7.80. The lowest BCUT2D eigenvalue weighted by molar-refractivity contribution is 0.326. The predicted octanol–water partition coefficient (Wildman–Crippen LogP) is 2.72. The second-order valence-electron chi connectivity index (χ2n) is 3.74. The Morgan fingerprint density at radius 2 is 2.00 bits per heavy atom. The van der Waals surface area contributed by atoms with Crippen LogP contribution in [0.3, 0.4) is 0 Å². The van der Waals surface area contributed by atoms with Gasteiger partial charge in [0.2, 0.25) is 5.88 Å². The number of nitrogens with one attached hydrogen (secondary N) is 1. The van der Waals surface area contributed by atoms with Gasteiger partial charge in [-0.25, -0.2) is 9.97 Å². The van der Waals surface area contributed by atoms with Gasteiger partial charge < -0.3 is 10.1 Å². The number of hydrogen-bond acceptors (Lipinski definition) is 4. The van der Waals surface area contributed by atoms with Crippen LogP contribution in [0.2, 0.25) is 0 Å². The average Bonchev–Trinajstić information content (AvgIpc) is 2.31. The number of rotatable bonds is 7. The van der Waals surface area contributed by atoms with Crippen LogP contribution in [-0.2, 0) is 0 Å². The topological polar surface area (TPSA) is 47.0 Å². The highest BCUT2D eigenvalue weighted by Gasteiger charge is 2.04. The van der Waals surface area contributed by atoms with E-state index in [9.17, 15) is 0 Å². The Labute approximate surface area is 97.5 Å². The molecule has 1 aromatic heterocycles. The van der Waals surface area contributed by atoms with Crippen LogP contribution < -0.4 is 10.1 Å². The molecule has 0 aliphatic carbocycles. The van der Waals surface area contributed by atoms with E-state index in [0.29, 0.717) is 18.4 Å². The predicted molar refractivity (Wildman–Crippen MR) is 65.8 cm³/mol. The molecule has 1 heterocycles. The Bertz CT molecular complexity index is 300. The summed E-state index contributed by atoms with van der Waals surface area (Å²) in [7, 11) is 0. The highest BCUT2D eigenvalue weighted by molar-refractivity contribution is 5.36. The van der Waals surface area contributed by atoms with Gasteiger partial charge in [-0.15, -0.1) is 0 Å². The Balaban J connectivity index is 2.49. The standard InChI is InChI=1S/C12H21N3O/c1-4-10(5-2)8-13-11-7-12(16-6-3)15-9-14-11/h7,9-10H,4-6,8H2,1-3H3,(H,13,14,15). The summed E-state index contributed by atoms with van der Waals surface area (Å²) in [6, 6.07) is 1.84. The SMILES string of the molecule is CCOc1cc(NCC(CC)CC)ncn1. The first kappa shape index (κ1) is 12.7. The molecule has 0 aliphatic heterocycles. The van der Waals surface area contributed by atoms with Crippen LogP contribution in [0.1, 0.15) is 33.6 Å². The molecule has 0 unspecified atom stereocenters. The summed E-state index contributed by atoms with van der Waals surface area (Å²) in [5.74, 6) is 2.17. The largest absolute Gasteiger partial charge is 0.478 e. The van der Waals surface area contributed by atoms with Gasteiger partial charge in [-0.05, 0) is 12.8 Å². The van der Waals surface area contributed by atoms with Crippen molar-refractivity contribution in [1.29, 1.82) is 0 Å². The van der Waals surface area contributed by atoms with Crippen molar-refractivity contribution < 1.29 is 4.74 Å². The minimum absolute atomic E-state index is 0.628. The zero-order chi connectivity index (χ0) is 11.8. The van der Waals surface area contributed by atoms with E-state index < -0.39 is 0 Å². The van der Waals surface area contributed by atoms with Crippen molar-refractivity contribution in [1.82, 2.24) is 9.97 Å². The molecule has 0 amide bonds. The van der Waals surface area contributed by atoms with Gasteiger partial charge in [0.05, 0.1) is 6.61 Å². The molecule has 0 bridgehead atoms. The first-order valence-corrected chi connectivity index (χ1v) is 5.98. The minimum atomic E-state index is 0.628. The highest BCUT2D eigenvalue weighted by Crippen LogP contribution is 2.13. The smallest absolute Gasteiger partial charge is 0.218 e. The lowest BCUT2D eigenvalue weighted by Gasteiger charge is -2.13. The molecule has 1 rings (SSSR count). The second-order valence-corrected chi connectivity index (χ2v) is 3.74. The molecule has 1 aromatic rings. The summed E-state index contributed by atoms with van der Waals surface area (Å²) >= 11 is 0. The molecule has 0 aliphatic rings. The third-order valence-corrected chi connectivity index (χ3v) is 2.66. The van der Waals surface area contributed by atoms with E-state index in [2.05, 4.69) is 29.1 Å². The summed E-state index contributed by atoms with van der Waals surface area (Å²) in [4.78, 5) is 8.18. The van der Waals surface area contributed by atoms with Gasteiger partial charge in [0, 0.05) is 12.6 Å². The molecule has 90 valence electrons. The number of anilines is 1. The Hall–Kier alpha value is -1.32. The van der Waals surface area contributed by atoms with Gasteiger partial charge in [0.1, 0.15) is 12.1 Å². The molecule has 0 spiro atoms. The van der Waals surface area contributed by atoms with E-state index >= 15 is 0 Å². The van der Waals surface area contributed by atoms with Crippen LogP contribution in [0.15, 0.2) is 12.4 Å². The number of ether oxygens (including phenoxy) is 1. The minimum Gasteiger partial charge on any atom is -0.478 e. The van der Waals surface area contributed by atoms with Gasteiger partial charge >= 0.3 is 0 Å². The van der Waals surface area contributed by atoms with Crippen molar-refractivity contribution >= 4 is 5.82 Å². The monoisotopic (exact) mass is 223 g/mol. The second kappa shape index (κ2) is 7.04. The summed E-state index contributed by atoms with van der Waals surface area (Å²) in [5, 5.41) is 3.31. The van der Waals surface area contributed by atoms with E-state index in [4.69, 9.17) is 4.74 Å². The van der Waals surface area contributed by atoms with Crippen molar-refractivity contribution in [2.75, 3.05) is 18.5 Å². The normalized spacial score (nSPS) is 10.5. The van der Waals surface area contributed by atoms with Gasteiger partial charge in [0.15, 0.2) is 0 Å². The van der Waals surface area contributed by atoms with Crippen LogP contribution in [0.25, 0.3) is 0 Å². The average molecular weight is 223 g/mol. The molecule has 4 heteroatoms. The Kier molecular flexibility index (Phi) is 5.61. The third-order valence-electron chi connectivity index (χ3n) is 2.66. The Morgan fingerprint density at radius 3 is 2.62 bits per heavy atom. The van der Waals surface area contributed by atoms with Crippen molar-refractivity contribution in [3.8, 4) is 5.88 Å². The first-order valence-electron chi connectivity index (χ1n) is 5.98. The maximum absolute atomic E-state index is 5.31. The van der Waals surface area contributed by atoms with Crippen LogP contribution >= 0.6 is 0 Å². The summed E-state index contributed by atoms with van der Waals surface area (Å²) in [6.07, 6.45) is 3.90. The van der Waals surface area contributed by atoms with Gasteiger partial charge in [0.25, 0.3) is 0 Å². The Morgan fingerprint density at radius 1 is 1.25 bits per heavy atom. The fraction of sp³-hybridized carbons (Fsp3) is 0.667. The van der Waals surface area contributed by atoms with Crippen molar-refractivity contribution in [2.45, 2.75) is 33.6 Å². The number of aromatic nitrogens is 2. The molecule has 0 atom stereocenters. The van der Waals surface area contributed by atoms with Crippen LogP contribution in [-0.4, -0.2) is 23.1 Å². The van der Waals surface area contributed by atoms with E-state index in [1.165, 1.54) is 19.2 Å². The fourth-order valence-corrected chi connectivity index (χ4v) is 1.49. The van der Waals surface area contributed by atoms with Crippen LogP contribution in [0.4, 0.5) is 5.82 Å². The quantitative estimate of drug-likeness (QED) is 0.772. The van der Waals surface area contributed by atoms with E-state index in [1.807, 2.05) is 13.0 Å². The zero-order valence-corrected chi connectivity index (χ0v) is 10.4. The van der Waals surface area contributed by atoms with Crippen molar-refractivity contribution in [3.05, 3.63) is 12.4 Å². The van der Waals surface area contributed by atoms with Crippen molar-refractivity contribution in [2.24, 2.45) is 5.92 Å². The van der Waals surface area contributed by atoms with E-state index in [-0.39, 0.29) is 0 Å². The summed E-state index contributed by atoms with van der Waals surface area (Å²) in [5.41, 5.74) is 0. The summed E-state index contributed by atoms with van der Waals surface area (Å²) in [6.45, 7) is 7.95. The molecule has 0 radical (unpaired) electrons. The van der Waals surface area contributed by atoms with Gasteiger partial charge in [-0.1, -0.05) is 26.7 Å². The maximum atomic E-state index is 5.31. The molecule has 0 saturated carbocycles. The van der Waals surface area contributed by atoms with Crippen molar-refractivity contribution in [3.63, 3.8) is 0 Å². The molecule has 0 fully saturated rings. The van der Waals surface area contributed by atoms with Gasteiger partial charge in [-0.2, -0.15) is 0 Å². The van der Waals surface area contributed by atoms with E-state index in [1.54, 1.807) is 0 Å². The third kappa shape index (κ3) is 4.04. The molecular weight excluding hydrogens is 202 g/mol. The lowest BCUT2D eigenvalue weighted by atomic mass is 10.0. The van der Waals surface area contributed by atoms with E-state index in [0.717, 1.165) is 12.4 Å². The zero-order valence-electron chi connectivity index (χ0n) is 10.4. The molecule has 16 heavy (non-hydrogen) atoms. The molecular formula is C12H21N3O. The number of hydrogen-bond donors (Lipinski definition) is 1. The lowest BCUT2D eigenvalue weighted by Crippen LogP contribution is -2.13. The molecule has 0 aromatic carbocycles. The summed E-state index contributed by atoms with van der Waals surface area (Å²) < 4.78 is 5.31. The fourth-order valence-electron chi connectivity index (χ4n) is 1.49. The van der Waals surface area contributed by atoms with Gasteiger partial charge in [-0.3, -0.25) is 0 Å². The highest BCUT2D eigenvalue weighted by atomic mass is 16.5. The molecule has 4 nitrogen and oxygen atoms in total. The molecule has 0 saturated heterocycles. The van der Waals surface area contributed by atoms with Crippen LogP contribution in [0.5, 0.6) is 5.88 Å². The molecule has 1 N–H and O–H groups in total.